The zero-order valence-corrected chi connectivity index (χ0v) is 23.0. The molecule has 1 aromatic carbocycles. The Bertz CT molecular complexity index is 892. The minimum absolute atomic E-state index is 0.000392. The van der Waals surface area contributed by atoms with Crippen LogP contribution in [0, 0.1) is 0 Å². The third kappa shape index (κ3) is 13.9. The number of hydrogen-bond acceptors (Lipinski definition) is 7. The van der Waals surface area contributed by atoms with Crippen LogP contribution >= 0.6 is 23.2 Å². The standard InChI is InChI=1S/C17H27Cl2N3O2.C6H8O7/c1-13(2)22(17(23)21(5)7-6-20(3)4)8-9-24-16-11-14(18)10-15(19)12-16;7-3(8)1-6(13,5(11)12)2-4(9)10/h10-13H,6-9H2,1-5H3;13H,1-2H2,(H,7,8)(H,9,10)(H,11,12). The molecule has 210 valence electrons. The van der Waals surface area contributed by atoms with Crippen LogP contribution < -0.4 is 4.74 Å². The number of halogens is 2. The summed E-state index contributed by atoms with van der Waals surface area (Å²) < 4.78 is 5.69. The van der Waals surface area contributed by atoms with Gasteiger partial charge in [-0.25, -0.2) is 9.59 Å². The Labute approximate surface area is 225 Å². The smallest absolute Gasteiger partial charge is 0.336 e. The molecule has 0 aliphatic rings. The van der Waals surface area contributed by atoms with Gasteiger partial charge in [-0.1, -0.05) is 23.2 Å². The van der Waals surface area contributed by atoms with E-state index in [0.29, 0.717) is 35.5 Å². The third-order valence-corrected chi connectivity index (χ3v) is 5.24. The van der Waals surface area contributed by atoms with Crippen LogP contribution in [0.3, 0.4) is 0 Å². The minimum atomic E-state index is -2.74. The molecule has 12 nitrogen and oxygen atoms in total. The van der Waals surface area contributed by atoms with Crippen molar-refractivity contribution in [3.05, 3.63) is 28.2 Å². The number of ether oxygens (including phenoxy) is 1. The quantitative estimate of drug-likeness (QED) is 0.277. The number of urea groups is 1. The number of benzene rings is 1. The van der Waals surface area contributed by atoms with Crippen LogP contribution in [0.15, 0.2) is 18.2 Å². The van der Waals surface area contributed by atoms with Gasteiger partial charge in [-0.15, -0.1) is 0 Å². The first-order valence-electron chi connectivity index (χ1n) is 11.1. The van der Waals surface area contributed by atoms with Crippen molar-refractivity contribution >= 4 is 47.1 Å². The van der Waals surface area contributed by atoms with Crippen LogP contribution in [0.2, 0.25) is 10.0 Å². The molecular formula is C23H35Cl2N3O9. The summed E-state index contributed by atoms with van der Waals surface area (Å²) in [5, 5.41) is 34.9. The normalized spacial score (nSPS) is 11.0. The molecule has 0 aliphatic heterocycles. The Morgan fingerprint density at radius 3 is 1.76 bits per heavy atom. The van der Waals surface area contributed by atoms with E-state index >= 15 is 0 Å². The first kappa shape index (κ1) is 34.2. The van der Waals surface area contributed by atoms with E-state index in [1.807, 2.05) is 35.0 Å². The molecule has 2 amide bonds. The average molecular weight is 568 g/mol. The number of nitrogens with zero attached hydrogens (tertiary/aromatic N) is 3. The molecule has 4 N–H and O–H groups in total. The predicted molar refractivity (Wildman–Crippen MR) is 137 cm³/mol. The highest BCUT2D eigenvalue weighted by atomic mass is 35.5. The van der Waals surface area contributed by atoms with Crippen LogP contribution in [0.4, 0.5) is 4.79 Å². The molecule has 0 saturated carbocycles. The number of amides is 2. The van der Waals surface area contributed by atoms with Crippen molar-refractivity contribution in [1.29, 1.82) is 0 Å². The predicted octanol–water partition coefficient (Wildman–Crippen LogP) is 2.45. The molecule has 0 heterocycles. The second-order valence-electron chi connectivity index (χ2n) is 8.73. The molecule has 14 heteroatoms. The Morgan fingerprint density at radius 2 is 1.38 bits per heavy atom. The number of carbonyl (C=O) groups is 4. The SMILES string of the molecule is CC(C)N(CCOc1cc(Cl)cc(Cl)c1)C(=O)N(C)CCN(C)C.O=C(O)CC(O)(CC(=O)O)C(=O)O. The monoisotopic (exact) mass is 567 g/mol. The molecule has 0 fully saturated rings. The van der Waals surface area contributed by atoms with Crippen LogP contribution in [0.25, 0.3) is 0 Å². The second-order valence-corrected chi connectivity index (χ2v) is 9.60. The fraction of sp³-hybridized carbons (Fsp3) is 0.565. The van der Waals surface area contributed by atoms with E-state index in [0.717, 1.165) is 6.54 Å². The number of carboxylic acid groups (broad SMARTS) is 3. The Hall–Kier alpha value is -2.80. The van der Waals surface area contributed by atoms with Crippen molar-refractivity contribution in [1.82, 2.24) is 14.7 Å². The maximum atomic E-state index is 12.6. The maximum absolute atomic E-state index is 12.6. The second kappa shape index (κ2) is 16.1. The number of aliphatic carboxylic acids is 3. The van der Waals surface area contributed by atoms with E-state index in [-0.39, 0.29) is 12.1 Å². The van der Waals surface area contributed by atoms with Gasteiger partial charge in [0.05, 0.1) is 19.4 Å². The molecule has 0 spiro atoms. The molecule has 0 aliphatic carbocycles. The Morgan fingerprint density at radius 1 is 0.892 bits per heavy atom. The lowest BCUT2D eigenvalue weighted by Gasteiger charge is -2.31. The molecule has 0 bridgehead atoms. The van der Waals surface area contributed by atoms with Crippen molar-refractivity contribution in [2.45, 2.75) is 38.3 Å². The number of aliphatic hydroxyl groups is 1. The molecule has 0 aromatic heterocycles. The molecule has 0 unspecified atom stereocenters. The highest BCUT2D eigenvalue weighted by molar-refractivity contribution is 6.34. The largest absolute Gasteiger partial charge is 0.492 e. The van der Waals surface area contributed by atoms with Crippen LogP contribution in [0.5, 0.6) is 5.75 Å². The Kier molecular flexibility index (Phi) is 14.9. The van der Waals surface area contributed by atoms with E-state index in [9.17, 15) is 19.2 Å². The van der Waals surface area contributed by atoms with Gasteiger partial charge in [0.25, 0.3) is 0 Å². The summed E-state index contributed by atoms with van der Waals surface area (Å²) in [5.41, 5.74) is -2.74. The van der Waals surface area contributed by atoms with E-state index in [1.165, 1.54) is 0 Å². The molecular weight excluding hydrogens is 533 g/mol. The lowest BCUT2D eigenvalue weighted by Crippen LogP contribution is -2.48. The third-order valence-electron chi connectivity index (χ3n) is 4.80. The first-order valence-corrected chi connectivity index (χ1v) is 11.9. The maximum Gasteiger partial charge on any atom is 0.336 e. The van der Waals surface area contributed by atoms with Gasteiger partial charge in [0, 0.05) is 36.2 Å². The molecule has 1 rings (SSSR count). The van der Waals surface area contributed by atoms with Crippen LogP contribution in [0.1, 0.15) is 26.7 Å². The van der Waals surface area contributed by atoms with Crippen molar-refractivity contribution in [3.63, 3.8) is 0 Å². The van der Waals surface area contributed by atoms with Crippen molar-refractivity contribution < 1.29 is 44.3 Å². The van der Waals surface area contributed by atoms with E-state index < -0.39 is 36.4 Å². The van der Waals surface area contributed by atoms with Crippen molar-refractivity contribution in [2.75, 3.05) is 47.4 Å². The van der Waals surface area contributed by atoms with Gasteiger partial charge >= 0.3 is 23.9 Å². The molecule has 37 heavy (non-hydrogen) atoms. The zero-order chi connectivity index (χ0) is 28.9. The van der Waals surface area contributed by atoms with Crippen molar-refractivity contribution in [2.24, 2.45) is 0 Å². The number of likely N-dealkylation sites (N-methyl/N-ethyl adjacent to an activating group) is 2. The van der Waals surface area contributed by atoms with E-state index in [4.69, 9.17) is 48.4 Å². The summed E-state index contributed by atoms with van der Waals surface area (Å²) in [6.45, 7) is 6.36. The van der Waals surface area contributed by atoms with Crippen molar-refractivity contribution in [3.8, 4) is 5.75 Å². The van der Waals surface area contributed by atoms with Gasteiger partial charge in [0.1, 0.15) is 12.4 Å². The van der Waals surface area contributed by atoms with Crippen LogP contribution in [-0.2, 0) is 14.4 Å². The van der Waals surface area contributed by atoms with Gasteiger partial charge in [0.2, 0.25) is 0 Å². The average Bonchev–Trinajstić information content (AvgIpc) is 2.72. The summed E-state index contributed by atoms with van der Waals surface area (Å²) in [7, 11) is 5.80. The summed E-state index contributed by atoms with van der Waals surface area (Å²) in [6, 6.07) is 5.15. The Balaban J connectivity index is 0.000000845. The van der Waals surface area contributed by atoms with Gasteiger partial charge in [-0.05, 0) is 46.1 Å². The van der Waals surface area contributed by atoms with Gasteiger partial charge in [-0.3, -0.25) is 9.59 Å². The molecule has 0 saturated heterocycles. The van der Waals surface area contributed by atoms with E-state index in [1.54, 1.807) is 28.0 Å². The highest BCUT2D eigenvalue weighted by Crippen LogP contribution is 2.24. The van der Waals surface area contributed by atoms with Gasteiger partial charge in [0.15, 0.2) is 5.60 Å². The summed E-state index contributed by atoms with van der Waals surface area (Å²) in [4.78, 5) is 48.6. The van der Waals surface area contributed by atoms with Gasteiger partial charge in [-0.2, -0.15) is 0 Å². The molecule has 0 radical (unpaired) electrons. The topological polar surface area (TPSA) is 168 Å². The number of carboxylic acids is 3. The summed E-state index contributed by atoms with van der Waals surface area (Å²) >= 11 is 11.9. The van der Waals surface area contributed by atoms with Crippen LogP contribution in [-0.4, -0.2) is 118 Å². The molecule has 0 atom stereocenters. The highest BCUT2D eigenvalue weighted by Gasteiger charge is 2.40. The lowest BCUT2D eigenvalue weighted by molar-refractivity contribution is -0.170. The minimum Gasteiger partial charge on any atom is -0.492 e. The fourth-order valence-electron chi connectivity index (χ4n) is 2.83. The fourth-order valence-corrected chi connectivity index (χ4v) is 3.33. The summed E-state index contributed by atoms with van der Waals surface area (Å²) in [6.07, 6.45) is -2.29. The van der Waals surface area contributed by atoms with Gasteiger partial charge < -0.3 is 39.9 Å². The summed E-state index contributed by atoms with van der Waals surface area (Å²) in [5.74, 6) is -4.42. The zero-order valence-electron chi connectivity index (χ0n) is 21.5. The molecule has 1 aromatic rings. The first-order chi connectivity index (χ1) is 17.0. The van der Waals surface area contributed by atoms with E-state index in [2.05, 4.69) is 4.90 Å². The lowest BCUT2D eigenvalue weighted by atomic mass is 9.96. The number of carbonyl (C=O) groups excluding carboxylic acids is 1. The number of hydrogen-bond donors (Lipinski definition) is 4. The number of rotatable bonds is 13.